The van der Waals surface area contributed by atoms with E-state index >= 15 is 0 Å². The molecule has 1 N–H and O–H groups in total. The van der Waals surface area contributed by atoms with Gasteiger partial charge in [-0.25, -0.2) is 0 Å². The molecule has 0 radical (unpaired) electrons. The lowest BCUT2D eigenvalue weighted by Crippen LogP contribution is -2.31. The molecule has 5 nitrogen and oxygen atoms in total. The molecule has 1 unspecified atom stereocenters. The number of ketones is 1. The van der Waals surface area contributed by atoms with Crippen molar-refractivity contribution in [2.45, 2.75) is 39.7 Å². The zero-order chi connectivity index (χ0) is 21.7. The Kier molecular flexibility index (Phi) is 7.00. The molecule has 0 spiro atoms. The van der Waals surface area contributed by atoms with Crippen LogP contribution in [0.2, 0.25) is 0 Å². The summed E-state index contributed by atoms with van der Waals surface area (Å²) in [5.74, 6) is -1.01. The van der Waals surface area contributed by atoms with E-state index < -0.39 is 5.97 Å². The van der Waals surface area contributed by atoms with E-state index in [2.05, 4.69) is 5.32 Å². The van der Waals surface area contributed by atoms with Crippen LogP contribution in [0.4, 0.5) is 0 Å². The number of hydrogen-bond donors (Lipinski definition) is 1. The van der Waals surface area contributed by atoms with E-state index in [1.807, 2.05) is 69.3 Å². The number of fused-ring (bicyclic) bond motifs is 1. The van der Waals surface area contributed by atoms with Crippen molar-refractivity contribution in [2.75, 3.05) is 6.61 Å². The number of hydrogen-bond acceptors (Lipinski definition) is 5. The van der Waals surface area contributed by atoms with Gasteiger partial charge in [0.15, 0.2) is 12.4 Å². The second-order valence-electron chi connectivity index (χ2n) is 7.27. The Labute approximate surface area is 180 Å². The number of amides is 1. The van der Waals surface area contributed by atoms with Gasteiger partial charge >= 0.3 is 5.97 Å². The lowest BCUT2D eigenvalue weighted by Gasteiger charge is -2.16. The monoisotopic (exact) mass is 423 g/mol. The van der Waals surface area contributed by atoms with Crippen LogP contribution in [-0.4, -0.2) is 24.3 Å². The number of aryl methyl sites for hydroxylation is 2. The summed E-state index contributed by atoms with van der Waals surface area (Å²) in [7, 11) is 0. The number of rotatable bonds is 8. The third kappa shape index (κ3) is 5.33. The molecule has 1 atom stereocenters. The van der Waals surface area contributed by atoms with Gasteiger partial charge in [0.1, 0.15) is 0 Å². The molecule has 30 heavy (non-hydrogen) atoms. The molecule has 3 aromatic rings. The first-order valence-corrected chi connectivity index (χ1v) is 10.7. The highest BCUT2D eigenvalue weighted by Gasteiger charge is 2.16. The van der Waals surface area contributed by atoms with Crippen LogP contribution >= 0.6 is 11.3 Å². The minimum atomic E-state index is -0.555. The summed E-state index contributed by atoms with van der Waals surface area (Å²) < 4.78 is 5.05. The van der Waals surface area contributed by atoms with E-state index in [0.717, 1.165) is 26.1 Å². The Bertz CT molecular complexity index is 1080. The van der Waals surface area contributed by atoms with Crippen LogP contribution in [0.1, 0.15) is 51.5 Å². The van der Waals surface area contributed by atoms with E-state index in [-0.39, 0.29) is 37.2 Å². The average Bonchev–Trinajstić information content (AvgIpc) is 3.08. The van der Waals surface area contributed by atoms with Gasteiger partial charge in [0.2, 0.25) is 0 Å². The maximum absolute atomic E-state index is 12.3. The van der Waals surface area contributed by atoms with E-state index in [0.29, 0.717) is 5.56 Å². The third-order valence-corrected chi connectivity index (χ3v) is 5.90. The second kappa shape index (κ2) is 9.67. The van der Waals surface area contributed by atoms with Crippen molar-refractivity contribution in [3.05, 3.63) is 69.4 Å². The summed E-state index contributed by atoms with van der Waals surface area (Å²) in [6, 6.07) is 15.5. The zero-order valence-electron chi connectivity index (χ0n) is 17.4. The topological polar surface area (TPSA) is 72.5 Å². The summed E-state index contributed by atoms with van der Waals surface area (Å²) in [4.78, 5) is 38.4. The molecule has 1 heterocycles. The highest BCUT2D eigenvalue weighted by atomic mass is 32.1. The van der Waals surface area contributed by atoms with Crippen molar-refractivity contribution in [1.29, 1.82) is 0 Å². The lowest BCUT2D eigenvalue weighted by molar-refractivity contribution is -0.148. The number of nitrogens with one attached hydrogen (secondary N) is 1. The summed E-state index contributed by atoms with van der Waals surface area (Å²) in [6.07, 6.45) is 0.0309. The molecule has 0 saturated carbocycles. The molecule has 1 amide bonds. The second-order valence-corrected chi connectivity index (χ2v) is 8.73. The van der Waals surface area contributed by atoms with Crippen LogP contribution in [0.15, 0.2) is 48.5 Å². The molecular weight excluding hydrogens is 398 g/mol. The van der Waals surface area contributed by atoms with Crippen molar-refractivity contribution in [1.82, 2.24) is 5.32 Å². The Balaban J connectivity index is 1.47. The number of carbonyl (C=O) groups excluding carboxylic acids is 3. The van der Waals surface area contributed by atoms with Gasteiger partial charge in [-0.05, 0) is 43.2 Å². The fourth-order valence-corrected chi connectivity index (χ4v) is 4.41. The van der Waals surface area contributed by atoms with Crippen molar-refractivity contribution < 1.29 is 19.1 Å². The molecule has 0 aliphatic rings. The molecule has 0 saturated heterocycles. The standard InChI is InChI=1S/C24H25NO4S/c1-15-13-21(17(3)30-15)22(26)11-12-24(28)29-14-23(27)25-16(2)19-10-6-8-18-7-4-5-9-20(18)19/h4-10,13,16H,11-12,14H2,1-3H3,(H,25,27). The maximum Gasteiger partial charge on any atom is 0.306 e. The SMILES string of the molecule is Cc1cc(C(=O)CCC(=O)OCC(=O)NC(C)c2cccc3ccccc23)c(C)s1. The predicted molar refractivity (Wildman–Crippen MR) is 119 cm³/mol. The molecule has 6 heteroatoms. The van der Waals surface area contributed by atoms with Crippen molar-refractivity contribution in [3.8, 4) is 0 Å². The van der Waals surface area contributed by atoms with Gasteiger partial charge in [-0.1, -0.05) is 42.5 Å². The van der Waals surface area contributed by atoms with Gasteiger partial charge < -0.3 is 10.1 Å². The fourth-order valence-electron chi connectivity index (χ4n) is 3.47. The van der Waals surface area contributed by atoms with Crippen molar-refractivity contribution in [3.63, 3.8) is 0 Å². The Morgan fingerprint density at radius 2 is 1.77 bits per heavy atom. The van der Waals surface area contributed by atoms with Crippen LogP contribution in [0.3, 0.4) is 0 Å². The molecule has 0 fully saturated rings. The zero-order valence-corrected chi connectivity index (χ0v) is 18.2. The number of benzene rings is 2. The van der Waals surface area contributed by atoms with Crippen LogP contribution < -0.4 is 5.32 Å². The van der Waals surface area contributed by atoms with Crippen LogP contribution in [0.5, 0.6) is 0 Å². The highest BCUT2D eigenvalue weighted by molar-refractivity contribution is 7.12. The molecule has 156 valence electrons. The van der Waals surface area contributed by atoms with E-state index in [1.54, 1.807) is 11.3 Å². The Morgan fingerprint density at radius 3 is 2.50 bits per heavy atom. The molecular formula is C24H25NO4S. The first-order chi connectivity index (χ1) is 14.3. The normalized spacial score (nSPS) is 11.8. The number of Topliss-reactive ketones (excluding diaryl/α,β-unsaturated/α-hetero) is 1. The molecule has 0 bridgehead atoms. The summed E-state index contributed by atoms with van der Waals surface area (Å²) in [5.41, 5.74) is 1.66. The minimum absolute atomic E-state index is 0.0423. The lowest BCUT2D eigenvalue weighted by atomic mass is 10.00. The van der Waals surface area contributed by atoms with Crippen molar-refractivity contribution in [2.24, 2.45) is 0 Å². The van der Waals surface area contributed by atoms with Crippen LogP contribution in [-0.2, 0) is 14.3 Å². The molecule has 3 rings (SSSR count). The summed E-state index contributed by atoms with van der Waals surface area (Å²) in [5, 5.41) is 5.03. The number of esters is 1. The van der Waals surface area contributed by atoms with E-state index in [9.17, 15) is 14.4 Å². The third-order valence-electron chi connectivity index (χ3n) is 4.93. The predicted octanol–water partition coefficient (Wildman–Crippen LogP) is 4.90. The quantitative estimate of drug-likeness (QED) is 0.413. The summed E-state index contributed by atoms with van der Waals surface area (Å²) >= 11 is 1.56. The van der Waals surface area contributed by atoms with Gasteiger partial charge in [0.05, 0.1) is 12.5 Å². The van der Waals surface area contributed by atoms with Crippen LogP contribution in [0, 0.1) is 13.8 Å². The van der Waals surface area contributed by atoms with E-state index in [4.69, 9.17) is 4.74 Å². The number of carbonyl (C=O) groups is 3. The minimum Gasteiger partial charge on any atom is -0.456 e. The Morgan fingerprint density at radius 1 is 1.03 bits per heavy atom. The smallest absolute Gasteiger partial charge is 0.306 e. The van der Waals surface area contributed by atoms with Gasteiger partial charge in [-0.2, -0.15) is 0 Å². The van der Waals surface area contributed by atoms with Gasteiger partial charge in [0, 0.05) is 21.7 Å². The van der Waals surface area contributed by atoms with Gasteiger partial charge in [-0.15, -0.1) is 11.3 Å². The molecule has 1 aromatic heterocycles. The van der Waals surface area contributed by atoms with Gasteiger partial charge in [-0.3, -0.25) is 14.4 Å². The average molecular weight is 424 g/mol. The molecule has 2 aromatic carbocycles. The Hall–Kier alpha value is -2.99. The first-order valence-electron chi connectivity index (χ1n) is 9.88. The summed E-state index contributed by atoms with van der Waals surface area (Å²) in [6.45, 7) is 5.37. The maximum atomic E-state index is 12.3. The molecule has 0 aliphatic carbocycles. The van der Waals surface area contributed by atoms with Gasteiger partial charge in [0.25, 0.3) is 5.91 Å². The number of thiophene rings is 1. The van der Waals surface area contributed by atoms with Crippen molar-refractivity contribution >= 4 is 39.8 Å². The number of ether oxygens (including phenoxy) is 1. The first kappa shape index (κ1) is 21.7. The largest absolute Gasteiger partial charge is 0.456 e. The van der Waals surface area contributed by atoms with E-state index in [1.165, 1.54) is 0 Å². The highest BCUT2D eigenvalue weighted by Crippen LogP contribution is 2.24. The fraction of sp³-hybridized carbons (Fsp3) is 0.292. The molecule has 0 aliphatic heterocycles. The van der Waals surface area contributed by atoms with Crippen LogP contribution in [0.25, 0.3) is 10.8 Å².